The largest absolute Gasteiger partial charge is 0.497 e. The van der Waals surface area contributed by atoms with Gasteiger partial charge < -0.3 is 10.1 Å². The summed E-state index contributed by atoms with van der Waals surface area (Å²) in [6.07, 6.45) is 1.77. The van der Waals surface area contributed by atoms with Crippen molar-refractivity contribution in [1.29, 1.82) is 0 Å². The number of nitrogens with one attached hydrogen (secondary N) is 1. The molecule has 0 fully saturated rings. The standard InChI is InChI=1S/C21H18N2O/c1-24-19-13-10-17(11-14-19)12-15-20(18-7-3-2-4-8-18)23-21-9-5-6-16-22-21/h2-11,13-14,16,20H,1H3,(H,22,23). The minimum Gasteiger partial charge on any atom is -0.497 e. The second kappa shape index (κ2) is 7.85. The lowest BCUT2D eigenvalue weighted by Gasteiger charge is -2.14. The summed E-state index contributed by atoms with van der Waals surface area (Å²) >= 11 is 0. The Labute approximate surface area is 142 Å². The summed E-state index contributed by atoms with van der Waals surface area (Å²) in [7, 11) is 1.66. The van der Waals surface area contributed by atoms with E-state index in [-0.39, 0.29) is 6.04 Å². The third-order valence-corrected chi connectivity index (χ3v) is 3.54. The van der Waals surface area contributed by atoms with Gasteiger partial charge in [-0.1, -0.05) is 48.2 Å². The van der Waals surface area contributed by atoms with Crippen molar-refractivity contribution in [1.82, 2.24) is 4.98 Å². The Hall–Kier alpha value is -3.25. The van der Waals surface area contributed by atoms with Gasteiger partial charge in [-0.2, -0.15) is 0 Å². The lowest BCUT2D eigenvalue weighted by Crippen LogP contribution is -2.09. The molecule has 1 N–H and O–H groups in total. The van der Waals surface area contributed by atoms with E-state index in [4.69, 9.17) is 4.74 Å². The zero-order valence-electron chi connectivity index (χ0n) is 13.4. The van der Waals surface area contributed by atoms with Gasteiger partial charge >= 0.3 is 0 Å². The molecule has 0 bridgehead atoms. The monoisotopic (exact) mass is 314 g/mol. The minimum absolute atomic E-state index is 0.136. The number of hydrogen-bond donors (Lipinski definition) is 1. The van der Waals surface area contributed by atoms with Gasteiger partial charge in [0.15, 0.2) is 0 Å². The van der Waals surface area contributed by atoms with Crippen LogP contribution in [0.1, 0.15) is 17.2 Å². The number of anilines is 1. The van der Waals surface area contributed by atoms with E-state index in [0.29, 0.717) is 0 Å². The molecule has 3 heteroatoms. The molecular formula is C21H18N2O. The van der Waals surface area contributed by atoms with Gasteiger partial charge in [-0.05, 0) is 42.0 Å². The quantitative estimate of drug-likeness (QED) is 0.729. The van der Waals surface area contributed by atoms with Crippen molar-refractivity contribution in [2.24, 2.45) is 0 Å². The first-order valence-electron chi connectivity index (χ1n) is 7.73. The second-order valence-electron chi connectivity index (χ2n) is 5.20. The van der Waals surface area contributed by atoms with E-state index in [9.17, 15) is 0 Å². The molecular weight excluding hydrogens is 296 g/mol. The molecule has 0 amide bonds. The van der Waals surface area contributed by atoms with Crippen molar-refractivity contribution in [3.8, 4) is 17.6 Å². The third-order valence-electron chi connectivity index (χ3n) is 3.54. The highest BCUT2D eigenvalue weighted by atomic mass is 16.5. The smallest absolute Gasteiger partial charge is 0.127 e. The van der Waals surface area contributed by atoms with Crippen LogP contribution in [0.5, 0.6) is 5.75 Å². The number of nitrogens with zero attached hydrogens (tertiary/aromatic N) is 1. The molecule has 1 unspecified atom stereocenters. The molecule has 118 valence electrons. The average molecular weight is 314 g/mol. The minimum atomic E-state index is -0.136. The van der Waals surface area contributed by atoms with Crippen LogP contribution in [0.25, 0.3) is 0 Å². The maximum Gasteiger partial charge on any atom is 0.127 e. The summed E-state index contributed by atoms with van der Waals surface area (Å²) in [6.45, 7) is 0. The van der Waals surface area contributed by atoms with E-state index in [2.05, 4.69) is 34.3 Å². The number of aromatic nitrogens is 1. The summed E-state index contributed by atoms with van der Waals surface area (Å²) in [4.78, 5) is 4.33. The molecule has 1 atom stereocenters. The Bertz CT molecular complexity index is 818. The molecule has 3 aromatic rings. The molecule has 24 heavy (non-hydrogen) atoms. The number of ether oxygens (including phenoxy) is 1. The van der Waals surface area contributed by atoms with Crippen LogP contribution in [-0.4, -0.2) is 12.1 Å². The fourth-order valence-electron chi connectivity index (χ4n) is 2.27. The number of hydrogen-bond acceptors (Lipinski definition) is 3. The number of benzene rings is 2. The number of rotatable bonds is 4. The molecule has 3 rings (SSSR count). The molecule has 0 saturated carbocycles. The first kappa shape index (κ1) is 15.6. The Morgan fingerprint density at radius 1 is 0.917 bits per heavy atom. The number of methoxy groups -OCH3 is 1. The Morgan fingerprint density at radius 2 is 1.67 bits per heavy atom. The van der Waals surface area contributed by atoms with Crippen LogP contribution in [0.4, 0.5) is 5.82 Å². The van der Waals surface area contributed by atoms with E-state index in [1.54, 1.807) is 13.3 Å². The normalized spacial score (nSPS) is 11.0. The van der Waals surface area contributed by atoms with Crippen molar-refractivity contribution in [3.05, 3.63) is 90.1 Å². The lowest BCUT2D eigenvalue weighted by atomic mass is 10.1. The predicted octanol–water partition coefficient (Wildman–Crippen LogP) is 4.30. The molecule has 0 spiro atoms. The van der Waals surface area contributed by atoms with Gasteiger partial charge in [0.2, 0.25) is 0 Å². The molecule has 0 saturated heterocycles. The number of pyridine rings is 1. The predicted molar refractivity (Wildman–Crippen MR) is 96.9 cm³/mol. The van der Waals surface area contributed by atoms with Gasteiger partial charge in [0.1, 0.15) is 17.6 Å². The molecule has 0 aliphatic heterocycles. The van der Waals surface area contributed by atoms with E-state index >= 15 is 0 Å². The van der Waals surface area contributed by atoms with Gasteiger partial charge in [-0.15, -0.1) is 0 Å². The second-order valence-corrected chi connectivity index (χ2v) is 5.20. The first-order valence-corrected chi connectivity index (χ1v) is 7.73. The van der Waals surface area contributed by atoms with E-state index in [0.717, 1.165) is 22.7 Å². The zero-order valence-corrected chi connectivity index (χ0v) is 13.4. The van der Waals surface area contributed by atoms with Crippen LogP contribution < -0.4 is 10.1 Å². The van der Waals surface area contributed by atoms with Gasteiger partial charge in [0.05, 0.1) is 7.11 Å². The van der Waals surface area contributed by atoms with E-state index in [1.165, 1.54) is 0 Å². The summed E-state index contributed by atoms with van der Waals surface area (Å²) in [6, 6.07) is 23.5. The fraction of sp³-hybridized carbons (Fsp3) is 0.0952. The van der Waals surface area contributed by atoms with Gasteiger partial charge in [-0.3, -0.25) is 0 Å². The maximum absolute atomic E-state index is 5.17. The lowest BCUT2D eigenvalue weighted by molar-refractivity contribution is 0.415. The van der Waals surface area contributed by atoms with Gasteiger partial charge in [0.25, 0.3) is 0 Å². The highest BCUT2D eigenvalue weighted by Gasteiger charge is 2.08. The molecule has 0 aliphatic rings. The van der Waals surface area contributed by atoms with Gasteiger partial charge in [-0.25, -0.2) is 4.98 Å². The van der Waals surface area contributed by atoms with Crippen molar-refractivity contribution in [3.63, 3.8) is 0 Å². The van der Waals surface area contributed by atoms with Crippen LogP contribution in [-0.2, 0) is 0 Å². The summed E-state index contributed by atoms with van der Waals surface area (Å²) in [5.74, 6) is 8.14. The average Bonchev–Trinajstić information content (AvgIpc) is 2.67. The maximum atomic E-state index is 5.17. The third kappa shape index (κ3) is 4.15. The molecule has 2 aromatic carbocycles. The van der Waals surface area contributed by atoms with Gasteiger partial charge in [0, 0.05) is 11.8 Å². The highest BCUT2D eigenvalue weighted by Crippen LogP contribution is 2.18. The van der Waals surface area contributed by atoms with Crippen LogP contribution in [0.2, 0.25) is 0 Å². The van der Waals surface area contributed by atoms with E-state index in [1.807, 2.05) is 60.7 Å². The van der Waals surface area contributed by atoms with Crippen LogP contribution in [0.15, 0.2) is 79.0 Å². The van der Waals surface area contributed by atoms with E-state index < -0.39 is 0 Å². The molecule has 0 aliphatic carbocycles. The Morgan fingerprint density at radius 3 is 2.33 bits per heavy atom. The van der Waals surface area contributed by atoms with Crippen molar-refractivity contribution < 1.29 is 4.74 Å². The Balaban J connectivity index is 1.86. The van der Waals surface area contributed by atoms with Crippen molar-refractivity contribution in [2.45, 2.75) is 6.04 Å². The Kier molecular flexibility index (Phi) is 5.11. The molecule has 3 nitrogen and oxygen atoms in total. The zero-order chi connectivity index (χ0) is 16.6. The van der Waals surface area contributed by atoms with Crippen LogP contribution in [0.3, 0.4) is 0 Å². The van der Waals surface area contributed by atoms with Crippen molar-refractivity contribution in [2.75, 3.05) is 12.4 Å². The summed E-state index contributed by atoms with van der Waals surface area (Å²) < 4.78 is 5.17. The van der Waals surface area contributed by atoms with Crippen LogP contribution >= 0.6 is 0 Å². The first-order chi connectivity index (χ1) is 11.8. The van der Waals surface area contributed by atoms with Crippen LogP contribution in [0, 0.1) is 11.8 Å². The summed E-state index contributed by atoms with van der Waals surface area (Å²) in [5, 5.41) is 3.38. The molecule has 0 radical (unpaired) electrons. The highest BCUT2D eigenvalue weighted by molar-refractivity contribution is 5.45. The van der Waals surface area contributed by atoms with Crippen molar-refractivity contribution >= 4 is 5.82 Å². The molecule has 1 aromatic heterocycles. The topological polar surface area (TPSA) is 34.1 Å². The SMILES string of the molecule is COc1ccc(C#CC(Nc2ccccn2)c2ccccc2)cc1. The summed E-state index contributed by atoms with van der Waals surface area (Å²) in [5.41, 5.74) is 2.05. The molecule has 1 heterocycles. The fourth-order valence-corrected chi connectivity index (χ4v) is 2.27.